The van der Waals surface area contributed by atoms with Gasteiger partial charge in [0.05, 0.1) is 5.60 Å². The van der Waals surface area contributed by atoms with Crippen LogP contribution in [0.4, 0.5) is 0 Å². The van der Waals surface area contributed by atoms with Crippen LogP contribution in [0.5, 0.6) is 0 Å². The van der Waals surface area contributed by atoms with Gasteiger partial charge in [-0.1, -0.05) is 13.8 Å². The number of ether oxygens (including phenoxy) is 1. The average Bonchev–Trinajstić information content (AvgIpc) is 2.54. The SMILES string of the molecule is CC(C)C1CCC2(CCCO2)CN1. The van der Waals surface area contributed by atoms with Crippen LogP contribution in [0, 0.1) is 5.92 Å². The van der Waals surface area contributed by atoms with Crippen LogP contribution in [0.25, 0.3) is 0 Å². The Morgan fingerprint density at radius 1 is 1.38 bits per heavy atom. The van der Waals surface area contributed by atoms with Crippen LogP contribution < -0.4 is 5.32 Å². The molecule has 2 heterocycles. The summed E-state index contributed by atoms with van der Waals surface area (Å²) in [4.78, 5) is 0. The molecule has 2 atom stereocenters. The first-order valence-corrected chi connectivity index (χ1v) is 5.59. The highest BCUT2D eigenvalue weighted by atomic mass is 16.5. The van der Waals surface area contributed by atoms with Gasteiger partial charge in [0, 0.05) is 19.2 Å². The minimum atomic E-state index is 0.228. The van der Waals surface area contributed by atoms with Crippen molar-refractivity contribution < 1.29 is 4.74 Å². The van der Waals surface area contributed by atoms with Gasteiger partial charge >= 0.3 is 0 Å². The largest absolute Gasteiger partial charge is 0.374 e. The molecule has 0 amide bonds. The molecule has 2 unspecified atom stereocenters. The molecular formula is C11H21NO. The second-order valence-corrected chi connectivity index (χ2v) is 4.91. The Morgan fingerprint density at radius 2 is 2.23 bits per heavy atom. The lowest BCUT2D eigenvalue weighted by molar-refractivity contribution is -0.0248. The molecule has 2 saturated heterocycles. The molecule has 13 heavy (non-hydrogen) atoms. The van der Waals surface area contributed by atoms with Crippen molar-refractivity contribution >= 4 is 0 Å². The van der Waals surface area contributed by atoms with E-state index in [2.05, 4.69) is 19.2 Å². The number of hydrogen-bond donors (Lipinski definition) is 1. The zero-order valence-corrected chi connectivity index (χ0v) is 8.81. The van der Waals surface area contributed by atoms with E-state index < -0.39 is 0 Å². The standard InChI is InChI=1S/C11H21NO/c1-9(2)10-4-6-11(8-12-10)5-3-7-13-11/h9-10,12H,3-8H2,1-2H3. The Bertz CT molecular complexity index is 163. The molecule has 0 aromatic heterocycles. The summed E-state index contributed by atoms with van der Waals surface area (Å²) in [7, 11) is 0. The lowest BCUT2D eigenvalue weighted by Crippen LogP contribution is -2.51. The molecule has 1 spiro atoms. The first kappa shape index (κ1) is 9.47. The van der Waals surface area contributed by atoms with Crippen molar-refractivity contribution in [3.63, 3.8) is 0 Å². The van der Waals surface area contributed by atoms with Gasteiger partial charge in [0.25, 0.3) is 0 Å². The van der Waals surface area contributed by atoms with Crippen molar-refractivity contribution in [2.24, 2.45) is 5.92 Å². The third-order valence-corrected chi connectivity index (χ3v) is 3.59. The predicted molar refractivity (Wildman–Crippen MR) is 53.8 cm³/mol. The van der Waals surface area contributed by atoms with Gasteiger partial charge in [-0.05, 0) is 31.6 Å². The normalized spacial score (nSPS) is 40.4. The Kier molecular flexibility index (Phi) is 2.61. The van der Waals surface area contributed by atoms with E-state index in [-0.39, 0.29) is 5.60 Å². The fourth-order valence-corrected chi connectivity index (χ4v) is 2.59. The summed E-state index contributed by atoms with van der Waals surface area (Å²) in [6.07, 6.45) is 5.08. The molecule has 0 bridgehead atoms. The summed E-state index contributed by atoms with van der Waals surface area (Å²) in [5.41, 5.74) is 0.228. The molecule has 0 aromatic carbocycles. The molecule has 2 rings (SSSR count). The molecule has 0 aromatic rings. The van der Waals surface area contributed by atoms with Gasteiger partial charge in [0.15, 0.2) is 0 Å². The van der Waals surface area contributed by atoms with Crippen molar-refractivity contribution in [1.29, 1.82) is 0 Å². The van der Waals surface area contributed by atoms with Crippen LogP contribution in [-0.4, -0.2) is 24.8 Å². The number of rotatable bonds is 1. The summed E-state index contributed by atoms with van der Waals surface area (Å²) >= 11 is 0. The van der Waals surface area contributed by atoms with Crippen molar-refractivity contribution in [3.05, 3.63) is 0 Å². The molecule has 2 fully saturated rings. The van der Waals surface area contributed by atoms with Crippen molar-refractivity contribution in [2.75, 3.05) is 13.2 Å². The van der Waals surface area contributed by atoms with E-state index in [1.54, 1.807) is 0 Å². The zero-order valence-electron chi connectivity index (χ0n) is 8.81. The van der Waals surface area contributed by atoms with Gasteiger partial charge < -0.3 is 10.1 Å². The molecule has 0 aliphatic carbocycles. The molecule has 76 valence electrons. The molecule has 0 radical (unpaired) electrons. The van der Waals surface area contributed by atoms with Crippen molar-refractivity contribution in [3.8, 4) is 0 Å². The molecule has 2 heteroatoms. The quantitative estimate of drug-likeness (QED) is 0.671. The molecule has 1 N–H and O–H groups in total. The Balaban J connectivity index is 1.88. The van der Waals surface area contributed by atoms with Crippen LogP contribution in [0.3, 0.4) is 0 Å². The second-order valence-electron chi connectivity index (χ2n) is 4.91. The molecule has 2 aliphatic heterocycles. The van der Waals surface area contributed by atoms with E-state index in [0.717, 1.165) is 25.1 Å². The molecule has 2 aliphatic rings. The van der Waals surface area contributed by atoms with Gasteiger partial charge in [-0.3, -0.25) is 0 Å². The maximum absolute atomic E-state index is 5.85. The van der Waals surface area contributed by atoms with E-state index in [4.69, 9.17) is 4.74 Å². The molecule has 2 nitrogen and oxygen atoms in total. The van der Waals surface area contributed by atoms with Crippen LogP contribution in [0.1, 0.15) is 39.5 Å². The van der Waals surface area contributed by atoms with Crippen LogP contribution in [0.15, 0.2) is 0 Å². The summed E-state index contributed by atoms with van der Waals surface area (Å²) in [5, 5.41) is 3.63. The number of hydrogen-bond acceptors (Lipinski definition) is 2. The number of nitrogens with one attached hydrogen (secondary N) is 1. The monoisotopic (exact) mass is 183 g/mol. The summed E-state index contributed by atoms with van der Waals surface area (Å²) in [6.45, 7) is 6.65. The minimum Gasteiger partial charge on any atom is -0.374 e. The van der Waals surface area contributed by atoms with E-state index in [9.17, 15) is 0 Å². The smallest absolute Gasteiger partial charge is 0.0807 e. The second kappa shape index (κ2) is 3.58. The summed E-state index contributed by atoms with van der Waals surface area (Å²) < 4.78 is 5.85. The Labute approximate surface area is 81.0 Å². The minimum absolute atomic E-state index is 0.228. The van der Waals surface area contributed by atoms with Gasteiger partial charge in [-0.2, -0.15) is 0 Å². The zero-order chi connectivity index (χ0) is 9.31. The third-order valence-electron chi connectivity index (χ3n) is 3.59. The van der Waals surface area contributed by atoms with Crippen molar-refractivity contribution in [2.45, 2.75) is 51.2 Å². The van der Waals surface area contributed by atoms with Crippen LogP contribution in [0.2, 0.25) is 0 Å². The van der Waals surface area contributed by atoms with E-state index in [1.807, 2.05) is 0 Å². The number of piperidine rings is 1. The average molecular weight is 183 g/mol. The lowest BCUT2D eigenvalue weighted by Gasteiger charge is -2.38. The highest BCUT2D eigenvalue weighted by molar-refractivity contribution is 4.94. The first-order valence-electron chi connectivity index (χ1n) is 5.59. The highest BCUT2D eigenvalue weighted by Gasteiger charge is 2.39. The Hall–Kier alpha value is -0.0800. The van der Waals surface area contributed by atoms with E-state index >= 15 is 0 Å². The maximum atomic E-state index is 5.85. The first-order chi connectivity index (χ1) is 6.22. The third kappa shape index (κ3) is 1.89. The Morgan fingerprint density at radius 3 is 2.69 bits per heavy atom. The van der Waals surface area contributed by atoms with Gasteiger partial charge in [-0.25, -0.2) is 0 Å². The lowest BCUT2D eigenvalue weighted by atomic mass is 9.84. The fraction of sp³-hybridized carbons (Fsp3) is 1.00. The molecular weight excluding hydrogens is 162 g/mol. The van der Waals surface area contributed by atoms with Gasteiger partial charge in [0.2, 0.25) is 0 Å². The predicted octanol–water partition coefficient (Wildman–Crippen LogP) is 1.94. The highest BCUT2D eigenvalue weighted by Crippen LogP contribution is 2.34. The van der Waals surface area contributed by atoms with Crippen LogP contribution >= 0.6 is 0 Å². The topological polar surface area (TPSA) is 21.3 Å². The van der Waals surface area contributed by atoms with Crippen molar-refractivity contribution in [1.82, 2.24) is 5.32 Å². The van der Waals surface area contributed by atoms with Crippen LogP contribution in [-0.2, 0) is 4.74 Å². The van der Waals surface area contributed by atoms with Gasteiger partial charge in [0.1, 0.15) is 0 Å². The van der Waals surface area contributed by atoms with E-state index in [1.165, 1.54) is 25.7 Å². The summed E-state index contributed by atoms with van der Waals surface area (Å²) in [5.74, 6) is 0.763. The summed E-state index contributed by atoms with van der Waals surface area (Å²) in [6, 6.07) is 0.717. The fourth-order valence-electron chi connectivity index (χ4n) is 2.59. The van der Waals surface area contributed by atoms with Gasteiger partial charge in [-0.15, -0.1) is 0 Å². The van der Waals surface area contributed by atoms with E-state index in [0.29, 0.717) is 0 Å². The molecule has 0 saturated carbocycles. The maximum Gasteiger partial charge on any atom is 0.0807 e.